The zero-order chi connectivity index (χ0) is 12.8. The molecule has 0 aliphatic heterocycles. The smallest absolute Gasteiger partial charge is 0.0989 e. The standard InChI is InChI=1S/C16H30O/c1-4-7-8-9-10-11-12-13-14-16(6-3)17-15-5-2/h5-6,15H,4,7-14H2,1-3H3. The first-order valence-electron chi connectivity index (χ1n) is 7.28. The second-order valence-corrected chi connectivity index (χ2v) is 4.57. The largest absolute Gasteiger partial charge is 0.470 e. The van der Waals surface area contributed by atoms with Crippen LogP contribution in [0.2, 0.25) is 0 Å². The van der Waals surface area contributed by atoms with Crippen LogP contribution in [0.5, 0.6) is 0 Å². The molecule has 0 saturated carbocycles. The van der Waals surface area contributed by atoms with Gasteiger partial charge >= 0.3 is 0 Å². The number of allylic oxidation sites excluding steroid dienone is 3. The van der Waals surface area contributed by atoms with Crippen LogP contribution in [0.3, 0.4) is 0 Å². The third kappa shape index (κ3) is 11.5. The van der Waals surface area contributed by atoms with E-state index in [1.807, 2.05) is 19.9 Å². The summed E-state index contributed by atoms with van der Waals surface area (Å²) in [5.74, 6) is 1.11. The molecule has 0 aromatic carbocycles. The predicted molar refractivity (Wildman–Crippen MR) is 76.9 cm³/mol. The van der Waals surface area contributed by atoms with Crippen molar-refractivity contribution >= 4 is 0 Å². The van der Waals surface area contributed by atoms with Gasteiger partial charge in [0, 0.05) is 6.42 Å². The SMILES string of the molecule is CC=COC(=CC)CCCCCCCCCC. The van der Waals surface area contributed by atoms with Gasteiger partial charge in [-0.15, -0.1) is 0 Å². The molecule has 0 atom stereocenters. The Morgan fingerprint density at radius 3 is 2.00 bits per heavy atom. The molecule has 0 amide bonds. The van der Waals surface area contributed by atoms with Crippen LogP contribution in [0.15, 0.2) is 24.2 Å². The minimum atomic E-state index is 1.08. The Morgan fingerprint density at radius 1 is 0.882 bits per heavy atom. The van der Waals surface area contributed by atoms with Gasteiger partial charge in [0.2, 0.25) is 0 Å². The fourth-order valence-corrected chi connectivity index (χ4v) is 1.86. The van der Waals surface area contributed by atoms with Crippen molar-refractivity contribution in [3.05, 3.63) is 24.2 Å². The molecule has 0 radical (unpaired) electrons. The molecule has 0 rings (SSSR count). The number of unbranched alkanes of at least 4 members (excludes halogenated alkanes) is 7. The van der Waals surface area contributed by atoms with Gasteiger partial charge in [-0.1, -0.05) is 57.9 Å². The van der Waals surface area contributed by atoms with Gasteiger partial charge in [-0.05, 0) is 26.3 Å². The summed E-state index contributed by atoms with van der Waals surface area (Å²) in [4.78, 5) is 0. The minimum Gasteiger partial charge on any atom is -0.470 e. The van der Waals surface area contributed by atoms with Crippen molar-refractivity contribution in [2.75, 3.05) is 0 Å². The number of rotatable bonds is 11. The van der Waals surface area contributed by atoms with Crippen molar-refractivity contribution in [3.63, 3.8) is 0 Å². The molecule has 0 aromatic rings. The van der Waals surface area contributed by atoms with Crippen molar-refractivity contribution in [3.8, 4) is 0 Å². The summed E-state index contributed by atoms with van der Waals surface area (Å²) in [7, 11) is 0. The average Bonchev–Trinajstić information content (AvgIpc) is 2.36. The summed E-state index contributed by atoms with van der Waals surface area (Å²) in [6.07, 6.45) is 17.8. The Morgan fingerprint density at radius 2 is 1.47 bits per heavy atom. The highest BCUT2D eigenvalue weighted by Gasteiger charge is 1.96. The van der Waals surface area contributed by atoms with E-state index in [1.165, 1.54) is 51.4 Å². The van der Waals surface area contributed by atoms with Crippen molar-refractivity contribution in [1.29, 1.82) is 0 Å². The first-order chi connectivity index (χ1) is 8.35. The van der Waals surface area contributed by atoms with Crippen molar-refractivity contribution < 1.29 is 4.74 Å². The zero-order valence-corrected chi connectivity index (χ0v) is 12.0. The van der Waals surface area contributed by atoms with Gasteiger partial charge in [0.15, 0.2) is 0 Å². The monoisotopic (exact) mass is 238 g/mol. The second kappa shape index (κ2) is 13.3. The Kier molecular flexibility index (Phi) is 12.8. The van der Waals surface area contributed by atoms with E-state index in [2.05, 4.69) is 13.0 Å². The molecule has 0 aliphatic carbocycles. The van der Waals surface area contributed by atoms with E-state index < -0.39 is 0 Å². The fourth-order valence-electron chi connectivity index (χ4n) is 1.86. The lowest BCUT2D eigenvalue weighted by atomic mass is 10.1. The molecule has 0 N–H and O–H groups in total. The summed E-state index contributed by atoms with van der Waals surface area (Å²) in [5.41, 5.74) is 0. The van der Waals surface area contributed by atoms with Crippen LogP contribution < -0.4 is 0 Å². The van der Waals surface area contributed by atoms with Gasteiger partial charge in [0.25, 0.3) is 0 Å². The van der Waals surface area contributed by atoms with Crippen LogP contribution in [-0.4, -0.2) is 0 Å². The van der Waals surface area contributed by atoms with Crippen LogP contribution in [0, 0.1) is 0 Å². The molecule has 100 valence electrons. The Bertz CT molecular complexity index is 204. The highest BCUT2D eigenvalue weighted by molar-refractivity contribution is 4.92. The van der Waals surface area contributed by atoms with Crippen molar-refractivity contribution in [2.45, 2.75) is 78.6 Å². The third-order valence-electron chi connectivity index (χ3n) is 2.95. The highest BCUT2D eigenvalue weighted by Crippen LogP contribution is 2.13. The van der Waals surface area contributed by atoms with Crippen LogP contribution in [-0.2, 0) is 4.74 Å². The van der Waals surface area contributed by atoms with Crippen LogP contribution >= 0.6 is 0 Å². The molecule has 0 spiro atoms. The van der Waals surface area contributed by atoms with Gasteiger partial charge in [-0.3, -0.25) is 0 Å². The normalized spacial score (nSPS) is 12.3. The van der Waals surface area contributed by atoms with E-state index in [4.69, 9.17) is 4.74 Å². The van der Waals surface area contributed by atoms with E-state index >= 15 is 0 Å². The molecule has 17 heavy (non-hydrogen) atoms. The first kappa shape index (κ1) is 16.3. The molecular weight excluding hydrogens is 208 g/mol. The van der Waals surface area contributed by atoms with Crippen LogP contribution in [0.4, 0.5) is 0 Å². The Labute approximate surface area is 108 Å². The number of hydrogen-bond donors (Lipinski definition) is 0. The molecular formula is C16H30O. The van der Waals surface area contributed by atoms with Crippen LogP contribution in [0.1, 0.15) is 78.6 Å². The number of ether oxygens (including phenoxy) is 1. The second-order valence-electron chi connectivity index (χ2n) is 4.57. The maximum atomic E-state index is 5.48. The Hall–Kier alpha value is -0.720. The fraction of sp³-hybridized carbons (Fsp3) is 0.750. The molecule has 0 heterocycles. The molecule has 0 fully saturated rings. The third-order valence-corrected chi connectivity index (χ3v) is 2.95. The molecule has 0 bridgehead atoms. The van der Waals surface area contributed by atoms with E-state index in [1.54, 1.807) is 6.26 Å². The van der Waals surface area contributed by atoms with E-state index in [0.717, 1.165) is 12.2 Å². The van der Waals surface area contributed by atoms with Crippen molar-refractivity contribution in [2.24, 2.45) is 0 Å². The maximum absolute atomic E-state index is 5.48. The summed E-state index contributed by atoms with van der Waals surface area (Å²) >= 11 is 0. The van der Waals surface area contributed by atoms with E-state index in [9.17, 15) is 0 Å². The lowest BCUT2D eigenvalue weighted by Gasteiger charge is -2.05. The van der Waals surface area contributed by atoms with E-state index in [-0.39, 0.29) is 0 Å². The first-order valence-corrected chi connectivity index (χ1v) is 7.28. The van der Waals surface area contributed by atoms with Gasteiger partial charge < -0.3 is 4.74 Å². The van der Waals surface area contributed by atoms with Gasteiger partial charge in [0.05, 0.1) is 12.0 Å². The molecule has 1 nitrogen and oxygen atoms in total. The van der Waals surface area contributed by atoms with Crippen molar-refractivity contribution in [1.82, 2.24) is 0 Å². The summed E-state index contributed by atoms with van der Waals surface area (Å²) in [6.45, 7) is 6.29. The topological polar surface area (TPSA) is 9.23 Å². The van der Waals surface area contributed by atoms with Gasteiger partial charge in [-0.25, -0.2) is 0 Å². The summed E-state index contributed by atoms with van der Waals surface area (Å²) < 4.78 is 5.48. The van der Waals surface area contributed by atoms with Gasteiger partial charge in [0.1, 0.15) is 0 Å². The molecule has 1 heteroatoms. The average molecular weight is 238 g/mol. The zero-order valence-electron chi connectivity index (χ0n) is 12.0. The molecule has 0 aromatic heterocycles. The van der Waals surface area contributed by atoms with E-state index in [0.29, 0.717) is 0 Å². The van der Waals surface area contributed by atoms with Crippen LogP contribution in [0.25, 0.3) is 0 Å². The molecule has 0 unspecified atom stereocenters. The lowest BCUT2D eigenvalue weighted by Crippen LogP contribution is -1.87. The summed E-state index contributed by atoms with van der Waals surface area (Å²) in [6, 6.07) is 0. The highest BCUT2D eigenvalue weighted by atomic mass is 16.5. The molecule has 0 aliphatic rings. The predicted octanol–water partition coefficient (Wildman–Crippen LogP) is 5.97. The maximum Gasteiger partial charge on any atom is 0.0989 e. The quantitative estimate of drug-likeness (QED) is 0.318. The minimum absolute atomic E-state index is 1.08. The lowest BCUT2D eigenvalue weighted by molar-refractivity contribution is 0.326. The summed E-state index contributed by atoms with van der Waals surface area (Å²) in [5, 5.41) is 0. The Balaban J connectivity index is 3.31. The number of hydrogen-bond acceptors (Lipinski definition) is 1. The van der Waals surface area contributed by atoms with Gasteiger partial charge in [-0.2, -0.15) is 0 Å². The molecule has 0 saturated heterocycles.